The molecule has 1 amide bonds. The van der Waals surface area contributed by atoms with Crippen LogP contribution >= 0.6 is 0 Å². The Labute approximate surface area is 138 Å². The van der Waals surface area contributed by atoms with Crippen LogP contribution in [0.3, 0.4) is 0 Å². The number of carbonyl (C=O) groups excluding carboxylic acids is 2. The molecular formula is C18H16N2O4. The van der Waals surface area contributed by atoms with Gasteiger partial charge in [-0.25, -0.2) is 4.79 Å². The maximum absolute atomic E-state index is 12.3. The summed E-state index contributed by atoms with van der Waals surface area (Å²) in [5.41, 5.74) is 1.50. The zero-order chi connectivity index (χ0) is 17.1. The molecule has 1 heterocycles. The van der Waals surface area contributed by atoms with E-state index in [4.69, 9.17) is 4.74 Å². The average molecular weight is 324 g/mol. The first-order chi connectivity index (χ1) is 11.6. The van der Waals surface area contributed by atoms with Gasteiger partial charge in [-0.3, -0.25) is 4.79 Å². The van der Waals surface area contributed by atoms with Crippen LogP contribution in [-0.4, -0.2) is 28.7 Å². The van der Waals surface area contributed by atoms with Crippen molar-refractivity contribution in [2.45, 2.75) is 6.54 Å². The molecule has 0 spiro atoms. The monoisotopic (exact) mass is 324 g/mol. The molecule has 0 aliphatic rings. The number of aromatic nitrogens is 1. The van der Waals surface area contributed by atoms with Gasteiger partial charge in [0.05, 0.1) is 18.4 Å². The highest BCUT2D eigenvalue weighted by Crippen LogP contribution is 2.24. The molecule has 6 nitrogen and oxygen atoms in total. The number of phenols is 1. The zero-order valence-electron chi connectivity index (χ0n) is 13.0. The highest BCUT2D eigenvalue weighted by molar-refractivity contribution is 6.05. The molecule has 0 radical (unpaired) electrons. The molecule has 0 aliphatic carbocycles. The van der Waals surface area contributed by atoms with Gasteiger partial charge in [-0.15, -0.1) is 0 Å². The second-order valence-electron chi connectivity index (χ2n) is 5.24. The van der Waals surface area contributed by atoms with Crippen LogP contribution < -0.4 is 5.32 Å². The number of aromatic hydroxyl groups is 1. The number of anilines is 1. The van der Waals surface area contributed by atoms with E-state index in [1.807, 2.05) is 18.2 Å². The normalized spacial score (nSPS) is 10.5. The van der Waals surface area contributed by atoms with Crippen LogP contribution in [0.1, 0.15) is 10.4 Å². The number of methoxy groups -OCH3 is 1. The number of carbonyl (C=O) groups is 2. The van der Waals surface area contributed by atoms with Gasteiger partial charge < -0.3 is 19.7 Å². The molecule has 3 aromatic rings. The van der Waals surface area contributed by atoms with Gasteiger partial charge in [0, 0.05) is 17.1 Å². The number of esters is 1. The minimum atomic E-state index is -0.453. The van der Waals surface area contributed by atoms with Gasteiger partial charge in [0.2, 0.25) is 5.91 Å². The molecule has 0 aliphatic heterocycles. The summed E-state index contributed by atoms with van der Waals surface area (Å²) in [6.07, 6.45) is 1.60. The second-order valence-corrected chi connectivity index (χ2v) is 5.24. The molecule has 0 fully saturated rings. The lowest BCUT2D eigenvalue weighted by Crippen LogP contribution is -2.18. The van der Waals surface area contributed by atoms with Crippen LogP contribution in [0, 0.1) is 0 Å². The molecule has 24 heavy (non-hydrogen) atoms. The molecular weight excluding hydrogens is 308 g/mol. The first-order valence-electron chi connectivity index (χ1n) is 7.34. The topological polar surface area (TPSA) is 80.6 Å². The smallest absolute Gasteiger partial charge is 0.340 e. The fourth-order valence-electron chi connectivity index (χ4n) is 2.57. The number of nitrogens with one attached hydrogen (secondary N) is 1. The van der Waals surface area contributed by atoms with E-state index in [0.29, 0.717) is 11.3 Å². The lowest BCUT2D eigenvalue weighted by atomic mass is 10.2. The zero-order valence-corrected chi connectivity index (χ0v) is 13.0. The van der Waals surface area contributed by atoms with Crippen LogP contribution in [0.25, 0.3) is 10.9 Å². The predicted molar refractivity (Wildman–Crippen MR) is 90.0 cm³/mol. The van der Waals surface area contributed by atoms with Crippen molar-refractivity contribution in [2.75, 3.05) is 12.4 Å². The van der Waals surface area contributed by atoms with Gasteiger partial charge >= 0.3 is 5.97 Å². The van der Waals surface area contributed by atoms with E-state index < -0.39 is 5.97 Å². The summed E-state index contributed by atoms with van der Waals surface area (Å²) >= 11 is 0. The third-order valence-corrected chi connectivity index (χ3v) is 3.69. The van der Waals surface area contributed by atoms with Crippen LogP contribution in [0.5, 0.6) is 5.75 Å². The molecule has 3 rings (SSSR count). The number of hydrogen-bond donors (Lipinski definition) is 2. The maximum atomic E-state index is 12.3. The van der Waals surface area contributed by atoms with Crippen molar-refractivity contribution < 1.29 is 19.4 Å². The molecule has 0 saturated heterocycles. The van der Waals surface area contributed by atoms with E-state index in [1.165, 1.54) is 13.2 Å². The Hall–Kier alpha value is -3.28. The number of amides is 1. The lowest BCUT2D eigenvalue weighted by molar-refractivity contribution is -0.116. The summed E-state index contributed by atoms with van der Waals surface area (Å²) in [6.45, 7) is 0.00580. The third kappa shape index (κ3) is 2.94. The summed E-state index contributed by atoms with van der Waals surface area (Å²) in [5.74, 6) is -0.766. The van der Waals surface area contributed by atoms with Crippen molar-refractivity contribution in [1.29, 1.82) is 0 Å². The molecule has 0 saturated carbocycles. The van der Waals surface area contributed by atoms with Gasteiger partial charge in [-0.2, -0.15) is 0 Å². The second kappa shape index (κ2) is 6.45. The van der Waals surface area contributed by atoms with Gasteiger partial charge in [-0.1, -0.05) is 30.3 Å². The lowest BCUT2D eigenvalue weighted by Gasteiger charge is -2.08. The fourth-order valence-corrected chi connectivity index (χ4v) is 2.57. The first kappa shape index (κ1) is 15.6. The summed E-state index contributed by atoms with van der Waals surface area (Å²) < 4.78 is 6.47. The molecule has 2 aromatic carbocycles. The SMILES string of the molecule is COC(=O)c1cn(CC(=O)Nc2ccccc2O)c2ccccc12. The number of rotatable bonds is 4. The molecule has 2 N–H and O–H groups in total. The van der Waals surface area contributed by atoms with Gasteiger partial charge in [0.25, 0.3) is 0 Å². The quantitative estimate of drug-likeness (QED) is 0.571. The summed E-state index contributed by atoms with van der Waals surface area (Å²) in [5, 5.41) is 13.1. The molecule has 0 atom stereocenters. The van der Waals surface area contributed by atoms with E-state index in [2.05, 4.69) is 5.32 Å². The van der Waals surface area contributed by atoms with Crippen LogP contribution in [0.15, 0.2) is 54.7 Å². The number of hydrogen-bond acceptors (Lipinski definition) is 4. The summed E-state index contributed by atoms with van der Waals surface area (Å²) in [4.78, 5) is 24.2. The van der Waals surface area contributed by atoms with Crippen LogP contribution in [-0.2, 0) is 16.1 Å². The average Bonchev–Trinajstić information content (AvgIpc) is 2.95. The highest BCUT2D eigenvalue weighted by Gasteiger charge is 2.16. The number of benzene rings is 2. The van der Waals surface area contributed by atoms with Crippen LogP contribution in [0.2, 0.25) is 0 Å². The number of para-hydroxylation sites is 3. The Morgan fingerprint density at radius 3 is 2.58 bits per heavy atom. The predicted octanol–water partition coefficient (Wildman–Crippen LogP) is 2.77. The van der Waals surface area contributed by atoms with E-state index in [1.54, 1.807) is 35.0 Å². The van der Waals surface area contributed by atoms with Crippen molar-refractivity contribution in [1.82, 2.24) is 4.57 Å². The Kier molecular flexibility index (Phi) is 4.20. The van der Waals surface area contributed by atoms with Crippen molar-refractivity contribution in [3.05, 3.63) is 60.3 Å². The number of nitrogens with zero attached hydrogens (tertiary/aromatic N) is 1. The third-order valence-electron chi connectivity index (χ3n) is 3.69. The van der Waals surface area contributed by atoms with E-state index >= 15 is 0 Å². The van der Waals surface area contributed by atoms with Crippen LogP contribution in [0.4, 0.5) is 5.69 Å². The number of phenolic OH excluding ortho intramolecular Hbond substituents is 1. The van der Waals surface area contributed by atoms with Gasteiger partial charge in [0.1, 0.15) is 12.3 Å². The van der Waals surface area contributed by atoms with Gasteiger partial charge in [-0.05, 0) is 18.2 Å². The highest BCUT2D eigenvalue weighted by atomic mass is 16.5. The van der Waals surface area contributed by atoms with E-state index in [0.717, 1.165) is 10.9 Å². The van der Waals surface area contributed by atoms with Gasteiger partial charge in [0.15, 0.2) is 0 Å². The summed E-state index contributed by atoms with van der Waals surface area (Å²) in [7, 11) is 1.32. The van der Waals surface area contributed by atoms with E-state index in [-0.39, 0.29) is 18.2 Å². The molecule has 0 bridgehead atoms. The Morgan fingerprint density at radius 2 is 1.83 bits per heavy atom. The standard InChI is InChI=1S/C18H16N2O4/c1-24-18(23)13-10-20(15-8-4-2-6-12(13)15)11-17(22)19-14-7-3-5-9-16(14)21/h2-10,21H,11H2,1H3,(H,19,22). The minimum Gasteiger partial charge on any atom is -0.506 e. The van der Waals surface area contributed by atoms with Crippen molar-refractivity contribution in [2.24, 2.45) is 0 Å². The molecule has 1 aromatic heterocycles. The Balaban J connectivity index is 1.89. The number of fused-ring (bicyclic) bond motifs is 1. The molecule has 6 heteroatoms. The molecule has 122 valence electrons. The minimum absolute atomic E-state index is 0.00142. The Bertz CT molecular complexity index is 914. The van der Waals surface area contributed by atoms with E-state index in [9.17, 15) is 14.7 Å². The maximum Gasteiger partial charge on any atom is 0.340 e. The summed E-state index contributed by atoms with van der Waals surface area (Å²) in [6, 6.07) is 13.8. The number of ether oxygens (including phenoxy) is 1. The van der Waals surface area contributed by atoms with Crippen molar-refractivity contribution >= 4 is 28.5 Å². The fraction of sp³-hybridized carbons (Fsp3) is 0.111. The van der Waals surface area contributed by atoms with Crippen molar-refractivity contribution in [3.8, 4) is 5.75 Å². The Morgan fingerprint density at radius 1 is 1.12 bits per heavy atom. The first-order valence-corrected chi connectivity index (χ1v) is 7.34. The van der Waals surface area contributed by atoms with Crippen molar-refractivity contribution in [3.63, 3.8) is 0 Å². The molecule has 0 unspecified atom stereocenters. The largest absolute Gasteiger partial charge is 0.506 e.